The Kier molecular flexibility index (Phi) is 6.97. The van der Waals surface area contributed by atoms with E-state index in [-0.39, 0.29) is 6.04 Å². The van der Waals surface area contributed by atoms with Gasteiger partial charge >= 0.3 is 0 Å². The quantitative estimate of drug-likeness (QED) is 0.727. The third kappa shape index (κ3) is 5.26. The van der Waals surface area contributed by atoms with Crippen LogP contribution in [0.2, 0.25) is 0 Å². The number of nitrogens with two attached hydrogens (primary N) is 1. The summed E-state index contributed by atoms with van der Waals surface area (Å²) in [6.45, 7) is 9.69. The Morgan fingerprint density at radius 1 is 1.37 bits per heavy atom. The zero-order valence-electron chi connectivity index (χ0n) is 12.4. The molecule has 6 heteroatoms. The van der Waals surface area contributed by atoms with Crippen molar-refractivity contribution in [2.75, 3.05) is 33.4 Å². The number of nitrogens with zero attached hydrogens (tertiary/aromatic N) is 3. The Balaban J connectivity index is 2.53. The lowest BCUT2D eigenvalue weighted by molar-refractivity contribution is 0.155. The van der Waals surface area contributed by atoms with Crippen molar-refractivity contribution in [2.45, 2.75) is 33.2 Å². The number of likely N-dealkylation sites (N-methyl/N-ethyl adjacent to an activating group) is 1. The number of hydrogen-bond donors (Lipinski definition) is 1. The lowest BCUT2D eigenvalue weighted by Gasteiger charge is -2.20. The smallest absolute Gasteiger partial charge is 0.227 e. The zero-order valence-corrected chi connectivity index (χ0v) is 12.4. The molecular formula is C13H26N4O2. The van der Waals surface area contributed by atoms with Crippen molar-refractivity contribution in [3.05, 3.63) is 11.7 Å². The summed E-state index contributed by atoms with van der Waals surface area (Å²) in [6.07, 6.45) is 0.721. The van der Waals surface area contributed by atoms with E-state index in [0.717, 1.165) is 26.1 Å². The second kappa shape index (κ2) is 8.24. The van der Waals surface area contributed by atoms with Crippen molar-refractivity contribution in [1.29, 1.82) is 0 Å². The first kappa shape index (κ1) is 16.1. The molecule has 0 aliphatic carbocycles. The molecule has 0 aliphatic heterocycles. The molecule has 1 aromatic heterocycles. The summed E-state index contributed by atoms with van der Waals surface area (Å²) < 4.78 is 10.3. The Morgan fingerprint density at radius 2 is 2.05 bits per heavy atom. The number of rotatable bonds is 9. The lowest BCUT2D eigenvalue weighted by atomic mass is 10.1. The molecule has 0 bridgehead atoms. The van der Waals surface area contributed by atoms with Crippen molar-refractivity contribution in [1.82, 2.24) is 15.0 Å². The maximum Gasteiger partial charge on any atom is 0.227 e. The van der Waals surface area contributed by atoms with Crippen LogP contribution in [0.5, 0.6) is 0 Å². The normalized spacial score (nSPS) is 14.8. The summed E-state index contributed by atoms with van der Waals surface area (Å²) in [6, 6.07) is -0.199. The van der Waals surface area contributed by atoms with Gasteiger partial charge in [-0.15, -0.1) is 0 Å². The fourth-order valence-corrected chi connectivity index (χ4v) is 1.98. The molecule has 2 unspecified atom stereocenters. The van der Waals surface area contributed by atoms with Gasteiger partial charge < -0.3 is 19.9 Å². The van der Waals surface area contributed by atoms with Crippen LogP contribution in [0.15, 0.2) is 4.52 Å². The minimum atomic E-state index is -0.199. The van der Waals surface area contributed by atoms with Gasteiger partial charge in [0, 0.05) is 26.7 Å². The highest BCUT2D eigenvalue weighted by molar-refractivity contribution is 4.94. The average molecular weight is 270 g/mol. The molecule has 2 N–H and O–H groups in total. The van der Waals surface area contributed by atoms with Crippen molar-refractivity contribution in [3.8, 4) is 0 Å². The van der Waals surface area contributed by atoms with E-state index in [4.69, 9.17) is 15.0 Å². The van der Waals surface area contributed by atoms with Gasteiger partial charge in [0.15, 0.2) is 5.82 Å². The SMILES string of the molecule is CCN(CC)CC(N)c1noc(CC(C)COC)n1. The highest BCUT2D eigenvalue weighted by Gasteiger charge is 2.17. The first-order valence-corrected chi connectivity index (χ1v) is 6.89. The minimum Gasteiger partial charge on any atom is -0.384 e. The van der Waals surface area contributed by atoms with Crippen LogP contribution in [0, 0.1) is 5.92 Å². The predicted molar refractivity (Wildman–Crippen MR) is 73.8 cm³/mol. The largest absolute Gasteiger partial charge is 0.384 e. The Bertz CT molecular complexity index is 352. The third-order valence-corrected chi connectivity index (χ3v) is 3.14. The van der Waals surface area contributed by atoms with E-state index < -0.39 is 0 Å². The summed E-state index contributed by atoms with van der Waals surface area (Å²) in [5.74, 6) is 1.58. The molecule has 0 aromatic carbocycles. The monoisotopic (exact) mass is 270 g/mol. The summed E-state index contributed by atoms with van der Waals surface area (Å²) in [4.78, 5) is 6.61. The second-order valence-corrected chi connectivity index (χ2v) is 4.90. The molecule has 110 valence electrons. The molecule has 0 radical (unpaired) electrons. The summed E-state index contributed by atoms with van der Waals surface area (Å²) in [5, 5.41) is 3.97. The van der Waals surface area contributed by atoms with Crippen LogP contribution in [-0.2, 0) is 11.2 Å². The molecule has 1 rings (SSSR count). The van der Waals surface area contributed by atoms with E-state index in [1.54, 1.807) is 7.11 Å². The molecule has 19 heavy (non-hydrogen) atoms. The molecule has 0 saturated heterocycles. The van der Waals surface area contributed by atoms with Gasteiger partial charge in [-0.25, -0.2) is 0 Å². The summed E-state index contributed by atoms with van der Waals surface area (Å²) in [5.41, 5.74) is 6.10. The van der Waals surface area contributed by atoms with Crippen LogP contribution >= 0.6 is 0 Å². The first-order valence-electron chi connectivity index (χ1n) is 6.89. The van der Waals surface area contributed by atoms with Gasteiger partial charge in [0.1, 0.15) is 0 Å². The zero-order chi connectivity index (χ0) is 14.3. The maximum atomic E-state index is 6.10. The van der Waals surface area contributed by atoms with E-state index in [0.29, 0.717) is 24.2 Å². The van der Waals surface area contributed by atoms with Gasteiger partial charge in [0.05, 0.1) is 6.04 Å². The summed E-state index contributed by atoms with van der Waals surface area (Å²) >= 11 is 0. The van der Waals surface area contributed by atoms with E-state index >= 15 is 0 Å². The molecule has 2 atom stereocenters. The van der Waals surface area contributed by atoms with Gasteiger partial charge in [0.2, 0.25) is 5.89 Å². The van der Waals surface area contributed by atoms with Crippen LogP contribution < -0.4 is 5.73 Å². The molecule has 1 heterocycles. The Morgan fingerprint density at radius 3 is 2.63 bits per heavy atom. The lowest BCUT2D eigenvalue weighted by Crippen LogP contribution is -2.32. The predicted octanol–water partition coefficient (Wildman–Crippen LogP) is 1.24. The van der Waals surface area contributed by atoms with Crippen molar-refractivity contribution in [2.24, 2.45) is 11.7 Å². The molecule has 0 spiro atoms. The number of hydrogen-bond acceptors (Lipinski definition) is 6. The van der Waals surface area contributed by atoms with E-state index in [1.807, 2.05) is 0 Å². The fourth-order valence-electron chi connectivity index (χ4n) is 1.98. The van der Waals surface area contributed by atoms with E-state index in [2.05, 4.69) is 35.8 Å². The first-order chi connectivity index (χ1) is 9.10. The molecule has 0 fully saturated rings. The van der Waals surface area contributed by atoms with Crippen LogP contribution in [-0.4, -0.2) is 48.4 Å². The van der Waals surface area contributed by atoms with Gasteiger partial charge in [-0.3, -0.25) is 0 Å². The van der Waals surface area contributed by atoms with Crippen molar-refractivity contribution in [3.63, 3.8) is 0 Å². The topological polar surface area (TPSA) is 77.4 Å². The molecule has 0 aliphatic rings. The van der Waals surface area contributed by atoms with Crippen molar-refractivity contribution < 1.29 is 9.26 Å². The highest BCUT2D eigenvalue weighted by Crippen LogP contribution is 2.11. The minimum absolute atomic E-state index is 0.199. The average Bonchev–Trinajstić information content (AvgIpc) is 2.84. The van der Waals surface area contributed by atoms with E-state index in [9.17, 15) is 0 Å². The Hall–Kier alpha value is -0.980. The van der Waals surface area contributed by atoms with Gasteiger partial charge in [-0.05, 0) is 19.0 Å². The number of ether oxygens (including phenoxy) is 1. The molecule has 0 amide bonds. The van der Waals surface area contributed by atoms with Crippen molar-refractivity contribution >= 4 is 0 Å². The summed E-state index contributed by atoms with van der Waals surface area (Å²) in [7, 11) is 1.69. The maximum absolute atomic E-state index is 6.10. The number of methoxy groups -OCH3 is 1. The highest BCUT2D eigenvalue weighted by atomic mass is 16.5. The molecule has 1 aromatic rings. The van der Waals surface area contributed by atoms with Crippen LogP contribution in [0.3, 0.4) is 0 Å². The van der Waals surface area contributed by atoms with E-state index in [1.165, 1.54) is 0 Å². The molecular weight excluding hydrogens is 244 g/mol. The van der Waals surface area contributed by atoms with Gasteiger partial charge in [-0.2, -0.15) is 4.98 Å². The molecule has 0 saturated carbocycles. The number of aromatic nitrogens is 2. The molecule has 6 nitrogen and oxygen atoms in total. The fraction of sp³-hybridized carbons (Fsp3) is 0.846. The second-order valence-electron chi connectivity index (χ2n) is 4.90. The third-order valence-electron chi connectivity index (χ3n) is 3.14. The van der Waals surface area contributed by atoms with Crippen LogP contribution in [0.4, 0.5) is 0 Å². The van der Waals surface area contributed by atoms with Crippen LogP contribution in [0.1, 0.15) is 38.5 Å². The van der Waals surface area contributed by atoms with Crippen LogP contribution in [0.25, 0.3) is 0 Å². The standard InChI is InChI=1S/C13H26N4O2/c1-5-17(6-2)8-11(14)13-15-12(19-16-13)7-10(3)9-18-4/h10-11H,5-9,14H2,1-4H3. The Labute approximate surface area is 115 Å². The van der Waals surface area contributed by atoms with Gasteiger partial charge in [0.25, 0.3) is 0 Å². The van der Waals surface area contributed by atoms with Gasteiger partial charge in [-0.1, -0.05) is 25.9 Å².